The second-order valence-corrected chi connectivity index (χ2v) is 3.72. The zero-order chi connectivity index (χ0) is 9.02. The molecule has 0 spiro atoms. The van der Waals surface area contributed by atoms with Crippen LogP contribution in [0.25, 0.3) is 0 Å². The molecule has 0 saturated carbocycles. The minimum absolute atomic E-state index is 0.539. The van der Waals surface area contributed by atoms with Crippen molar-refractivity contribution in [1.82, 2.24) is 0 Å². The Hall–Kier alpha value is -0.520. The molecule has 0 aliphatic rings. The number of rotatable bonds is 3. The molecule has 0 saturated heterocycles. The molecule has 0 aliphatic heterocycles. The quantitative estimate of drug-likeness (QED) is 0.539. The van der Waals surface area contributed by atoms with Crippen LogP contribution in [0, 0.1) is 11.8 Å². The van der Waals surface area contributed by atoms with Crippen LogP contribution in [0.1, 0.15) is 34.6 Å². The van der Waals surface area contributed by atoms with E-state index in [0.29, 0.717) is 11.8 Å². The van der Waals surface area contributed by atoms with E-state index in [2.05, 4.69) is 47.3 Å². The van der Waals surface area contributed by atoms with Gasteiger partial charge < -0.3 is 0 Å². The molecular formula is C11H20. The van der Waals surface area contributed by atoms with Gasteiger partial charge in [-0.1, -0.05) is 44.6 Å². The van der Waals surface area contributed by atoms with Crippen LogP contribution in [0.3, 0.4) is 0 Å². The van der Waals surface area contributed by atoms with Crippen molar-refractivity contribution in [3.63, 3.8) is 0 Å². The van der Waals surface area contributed by atoms with Crippen molar-refractivity contribution < 1.29 is 0 Å². The summed E-state index contributed by atoms with van der Waals surface area (Å²) in [6.07, 6.45) is 2.30. The van der Waals surface area contributed by atoms with Gasteiger partial charge >= 0.3 is 0 Å². The van der Waals surface area contributed by atoms with Gasteiger partial charge in [0.2, 0.25) is 0 Å². The Morgan fingerprint density at radius 3 is 1.91 bits per heavy atom. The fourth-order valence-corrected chi connectivity index (χ4v) is 1.06. The third-order valence-electron chi connectivity index (χ3n) is 2.02. The molecule has 0 aliphatic carbocycles. The van der Waals surface area contributed by atoms with E-state index in [4.69, 9.17) is 0 Å². The topological polar surface area (TPSA) is 0 Å². The first-order valence-corrected chi connectivity index (χ1v) is 4.28. The van der Waals surface area contributed by atoms with Gasteiger partial charge in [-0.2, -0.15) is 0 Å². The van der Waals surface area contributed by atoms with Crippen LogP contribution in [-0.2, 0) is 0 Å². The van der Waals surface area contributed by atoms with Crippen LogP contribution < -0.4 is 0 Å². The fourth-order valence-electron chi connectivity index (χ4n) is 1.06. The fraction of sp³-hybridized carbons (Fsp3) is 0.636. The van der Waals surface area contributed by atoms with Crippen molar-refractivity contribution in [1.29, 1.82) is 0 Å². The van der Waals surface area contributed by atoms with E-state index in [0.717, 1.165) is 0 Å². The average Bonchev–Trinajstić information content (AvgIpc) is 1.84. The van der Waals surface area contributed by atoms with Gasteiger partial charge in [-0.25, -0.2) is 0 Å². The molecule has 0 aromatic rings. The van der Waals surface area contributed by atoms with Gasteiger partial charge in [-0.15, -0.1) is 0 Å². The maximum absolute atomic E-state index is 3.94. The van der Waals surface area contributed by atoms with Gasteiger partial charge in [0.1, 0.15) is 0 Å². The van der Waals surface area contributed by atoms with E-state index in [1.54, 1.807) is 0 Å². The van der Waals surface area contributed by atoms with Crippen LogP contribution in [0.2, 0.25) is 0 Å². The van der Waals surface area contributed by atoms with Crippen molar-refractivity contribution in [3.8, 4) is 0 Å². The highest BCUT2D eigenvalue weighted by atomic mass is 14.1. The lowest BCUT2D eigenvalue weighted by molar-refractivity contribution is 0.754. The molecule has 0 nitrogen and oxygen atoms in total. The normalized spacial score (nSPS) is 15.3. The summed E-state index contributed by atoms with van der Waals surface area (Å²) in [5.41, 5.74) is 2.69. The van der Waals surface area contributed by atoms with Gasteiger partial charge in [0, 0.05) is 0 Å². The van der Waals surface area contributed by atoms with E-state index in [1.807, 2.05) is 0 Å². The van der Waals surface area contributed by atoms with Gasteiger partial charge in [0.25, 0.3) is 0 Å². The maximum atomic E-state index is 3.94. The Labute approximate surface area is 71.0 Å². The summed E-state index contributed by atoms with van der Waals surface area (Å²) in [6, 6.07) is 0. The van der Waals surface area contributed by atoms with Gasteiger partial charge in [0.05, 0.1) is 0 Å². The minimum atomic E-state index is 0.539. The second-order valence-electron chi connectivity index (χ2n) is 3.72. The average molecular weight is 152 g/mol. The van der Waals surface area contributed by atoms with E-state index in [1.165, 1.54) is 11.1 Å². The summed E-state index contributed by atoms with van der Waals surface area (Å²) in [4.78, 5) is 0. The van der Waals surface area contributed by atoms with Gasteiger partial charge in [0.15, 0.2) is 0 Å². The van der Waals surface area contributed by atoms with Crippen molar-refractivity contribution in [2.24, 2.45) is 11.8 Å². The third-order valence-corrected chi connectivity index (χ3v) is 2.02. The molecular weight excluding hydrogens is 132 g/mol. The molecule has 0 heterocycles. The molecule has 0 rings (SSSR count). The highest BCUT2D eigenvalue weighted by Gasteiger charge is 2.04. The van der Waals surface area contributed by atoms with Crippen LogP contribution >= 0.6 is 0 Å². The Morgan fingerprint density at radius 1 is 1.18 bits per heavy atom. The molecule has 11 heavy (non-hydrogen) atoms. The summed E-state index contributed by atoms with van der Waals surface area (Å²) in [6.45, 7) is 14.8. The Balaban J connectivity index is 4.23. The lowest BCUT2D eigenvalue weighted by Crippen LogP contribution is -1.98. The zero-order valence-electron chi connectivity index (χ0n) is 8.44. The molecule has 0 N–H and O–H groups in total. The van der Waals surface area contributed by atoms with Crippen molar-refractivity contribution in [2.75, 3.05) is 0 Å². The first-order valence-electron chi connectivity index (χ1n) is 4.28. The number of allylic oxidation sites excluding steroid dienone is 3. The van der Waals surface area contributed by atoms with E-state index >= 15 is 0 Å². The van der Waals surface area contributed by atoms with E-state index < -0.39 is 0 Å². The van der Waals surface area contributed by atoms with E-state index in [-0.39, 0.29) is 0 Å². The molecule has 0 aromatic carbocycles. The van der Waals surface area contributed by atoms with E-state index in [9.17, 15) is 0 Å². The molecule has 1 unspecified atom stereocenters. The van der Waals surface area contributed by atoms with Crippen molar-refractivity contribution in [3.05, 3.63) is 23.8 Å². The van der Waals surface area contributed by atoms with Gasteiger partial charge in [-0.05, 0) is 25.7 Å². The number of hydrogen-bond acceptors (Lipinski definition) is 0. The number of hydrogen-bond donors (Lipinski definition) is 0. The maximum Gasteiger partial charge on any atom is -0.00296 e. The lowest BCUT2D eigenvalue weighted by atomic mass is 9.94. The summed E-state index contributed by atoms with van der Waals surface area (Å²) >= 11 is 0. The first kappa shape index (κ1) is 10.5. The van der Waals surface area contributed by atoms with Crippen LogP contribution in [0.4, 0.5) is 0 Å². The predicted molar refractivity (Wildman–Crippen MR) is 52.6 cm³/mol. The lowest BCUT2D eigenvalue weighted by Gasteiger charge is -2.12. The molecule has 1 atom stereocenters. The van der Waals surface area contributed by atoms with Crippen LogP contribution in [-0.4, -0.2) is 0 Å². The molecule has 0 radical (unpaired) electrons. The van der Waals surface area contributed by atoms with Crippen molar-refractivity contribution >= 4 is 0 Å². The molecule has 0 bridgehead atoms. The summed E-state index contributed by atoms with van der Waals surface area (Å²) in [5, 5.41) is 0. The SMILES string of the molecule is C=C(C)C(C)C(C)=CC(C)C. The van der Waals surface area contributed by atoms with Crippen molar-refractivity contribution in [2.45, 2.75) is 34.6 Å². The summed E-state index contributed by atoms with van der Waals surface area (Å²) in [5.74, 6) is 1.19. The third kappa shape index (κ3) is 4.02. The Kier molecular flexibility index (Phi) is 4.17. The second kappa shape index (κ2) is 4.38. The monoisotopic (exact) mass is 152 g/mol. The van der Waals surface area contributed by atoms with Crippen LogP contribution in [0.5, 0.6) is 0 Å². The highest BCUT2D eigenvalue weighted by molar-refractivity contribution is 5.14. The minimum Gasteiger partial charge on any atom is -0.0995 e. The zero-order valence-corrected chi connectivity index (χ0v) is 8.44. The standard InChI is InChI=1S/C11H20/c1-8(2)7-10(5)11(6)9(3)4/h7-8,11H,3H2,1-2,4-6H3. The first-order chi connectivity index (χ1) is 4.95. The molecule has 64 valence electrons. The molecule has 0 heteroatoms. The Bertz CT molecular complexity index is 161. The Morgan fingerprint density at radius 2 is 1.64 bits per heavy atom. The van der Waals surface area contributed by atoms with Gasteiger partial charge in [-0.3, -0.25) is 0 Å². The van der Waals surface area contributed by atoms with Crippen LogP contribution in [0.15, 0.2) is 23.8 Å². The largest absolute Gasteiger partial charge is 0.0995 e. The smallest absolute Gasteiger partial charge is 0.00296 e. The molecule has 0 aromatic heterocycles. The summed E-state index contributed by atoms with van der Waals surface area (Å²) < 4.78 is 0. The predicted octanol–water partition coefficient (Wildman–Crippen LogP) is 3.80. The molecule has 0 amide bonds. The summed E-state index contributed by atoms with van der Waals surface area (Å²) in [7, 11) is 0. The molecule has 0 fully saturated rings. The highest BCUT2D eigenvalue weighted by Crippen LogP contribution is 2.18.